The number of carbonyl (C=O) groups is 1. The van der Waals surface area contributed by atoms with Gasteiger partial charge >= 0.3 is 11.1 Å². The molecule has 0 bridgehead atoms. The Morgan fingerprint density at radius 3 is 2.21 bits per heavy atom. The Bertz CT molecular complexity index is 1190. The van der Waals surface area contributed by atoms with Crippen molar-refractivity contribution in [3.05, 3.63) is 80.9 Å². The zero-order valence-corrected chi connectivity index (χ0v) is 15.0. The van der Waals surface area contributed by atoms with Gasteiger partial charge in [0.05, 0.1) is 0 Å². The van der Waals surface area contributed by atoms with Crippen LogP contribution < -0.4 is 21.3 Å². The fourth-order valence-electron chi connectivity index (χ4n) is 3.07. The van der Waals surface area contributed by atoms with Gasteiger partial charge in [-0.1, -0.05) is 0 Å². The van der Waals surface area contributed by atoms with E-state index >= 15 is 0 Å². The minimum atomic E-state index is -0.927. The van der Waals surface area contributed by atoms with Gasteiger partial charge in [-0.25, -0.2) is 13.5 Å². The number of amides is 1. The lowest BCUT2D eigenvalue weighted by molar-refractivity contribution is -0.117. The highest BCUT2D eigenvalue weighted by Gasteiger charge is 2.26. The van der Waals surface area contributed by atoms with Crippen molar-refractivity contribution in [1.82, 2.24) is 14.3 Å². The highest BCUT2D eigenvalue weighted by molar-refractivity contribution is 5.90. The second-order valence-electron chi connectivity index (χ2n) is 6.40. The number of aromatic nitrogens is 3. The zero-order chi connectivity index (χ0) is 20.5. The van der Waals surface area contributed by atoms with Crippen LogP contribution in [0, 0.1) is 11.6 Å². The lowest BCUT2D eigenvalue weighted by atomic mass is 10.3. The molecule has 148 valence electrons. The van der Waals surface area contributed by atoms with Gasteiger partial charge in [0.25, 0.3) is 0 Å². The maximum atomic E-state index is 13.2. The molecule has 0 saturated heterocycles. The summed E-state index contributed by atoms with van der Waals surface area (Å²) >= 11 is 0. The normalized spacial score (nSPS) is 12.7. The van der Waals surface area contributed by atoms with Crippen molar-refractivity contribution in [3.63, 3.8) is 0 Å². The number of benzene rings is 2. The van der Waals surface area contributed by atoms with E-state index in [4.69, 9.17) is 0 Å². The van der Waals surface area contributed by atoms with E-state index in [1.165, 1.54) is 53.1 Å². The van der Waals surface area contributed by atoms with Gasteiger partial charge < -0.3 is 10.2 Å². The lowest BCUT2D eigenvalue weighted by Gasteiger charge is -2.17. The first-order valence-corrected chi connectivity index (χ1v) is 8.73. The molecule has 0 aliphatic carbocycles. The number of nitrogens with zero attached hydrogens (tertiary/aromatic N) is 4. The van der Waals surface area contributed by atoms with Crippen molar-refractivity contribution in [3.8, 4) is 0 Å². The Hall–Kier alpha value is -3.82. The molecule has 2 aromatic carbocycles. The molecule has 1 N–H and O–H groups in total. The average Bonchev–Trinajstić information content (AvgIpc) is 3.12. The molecule has 2 heterocycles. The third kappa shape index (κ3) is 3.64. The summed E-state index contributed by atoms with van der Waals surface area (Å²) < 4.78 is 28.2. The summed E-state index contributed by atoms with van der Waals surface area (Å²) in [5.74, 6) is -1.26. The molecule has 0 spiro atoms. The summed E-state index contributed by atoms with van der Waals surface area (Å²) in [6.07, 6.45) is 0. The van der Waals surface area contributed by atoms with E-state index in [1.807, 2.05) is 0 Å². The van der Waals surface area contributed by atoms with Crippen LogP contribution in [0.1, 0.15) is 0 Å². The Morgan fingerprint density at radius 1 is 0.931 bits per heavy atom. The Kier molecular flexibility index (Phi) is 4.67. The van der Waals surface area contributed by atoms with E-state index in [0.717, 1.165) is 4.68 Å². The molecule has 29 heavy (non-hydrogen) atoms. The van der Waals surface area contributed by atoms with Crippen molar-refractivity contribution >= 4 is 23.2 Å². The SMILES string of the molecule is O=C(Cn1nc2n(c(=O)c1=O)CCN2c1ccc(F)cc1)Nc1ccc(F)cc1. The quantitative estimate of drug-likeness (QED) is 0.672. The molecule has 4 rings (SSSR count). The Morgan fingerprint density at radius 2 is 1.55 bits per heavy atom. The van der Waals surface area contributed by atoms with Crippen molar-refractivity contribution < 1.29 is 13.6 Å². The van der Waals surface area contributed by atoms with Gasteiger partial charge in [-0.15, -0.1) is 5.10 Å². The number of nitrogens with one attached hydrogen (secondary N) is 1. The number of carbonyl (C=O) groups excluding carboxylic acids is 1. The second kappa shape index (κ2) is 7.30. The molecule has 1 aromatic heterocycles. The molecule has 1 aliphatic heterocycles. The monoisotopic (exact) mass is 399 g/mol. The molecule has 1 aliphatic rings. The topological polar surface area (TPSA) is 89.2 Å². The maximum absolute atomic E-state index is 13.2. The van der Waals surface area contributed by atoms with Crippen molar-refractivity contribution in [2.45, 2.75) is 13.1 Å². The van der Waals surface area contributed by atoms with Crippen LogP contribution in [0.2, 0.25) is 0 Å². The van der Waals surface area contributed by atoms with E-state index in [9.17, 15) is 23.2 Å². The molecule has 0 radical (unpaired) electrons. The molecule has 0 saturated carbocycles. The van der Waals surface area contributed by atoms with Gasteiger partial charge in [0.1, 0.15) is 18.2 Å². The van der Waals surface area contributed by atoms with Crippen LogP contribution in [0.4, 0.5) is 26.1 Å². The Balaban J connectivity index is 1.62. The van der Waals surface area contributed by atoms with Crippen LogP contribution >= 0.6 is 0 Å². The molecule has 1 amide bonds. The van der Waals surface area contributed by atoms with Crippen LogP contribution in [0.25, 0.3) is 0 Å². The predicted molar refractivity (Wildman–Crippen MR) is 101 cm³/mol. The Labute approximate surface area is 162 Å². The highest BCUT2D eigenvalue weighted by atomic mass is 19.1. The number of fused-ring (bicyclic) bond motifs is 1. The van der Waals surface area contributed by atoms with Gasteiger partial charge in [-0.3, -0.25) is 19.0 Å². The van der Waals surface area contributed by atoms with E-state index < -0.39 is 35.2 Å². The van der Waals surface area contributed by atoms with Gasteiger partial charge in [0, 0.05) is 24.5 Å². The first kappa shape index (κ1) is 18.5. The van der Waals surface area contributed by atoms with Gasteiger partial charge in [-0.05, 0) is 48.5 Å². The number of hydrogen-bond donors (Lipinski definition) is 1. The minimum absolute atomic E-state index is 0.191. The number of halogens is 2. The predicted octanol–water partition coefficient (Wildman–Crippen LogP) is 1.47. The first-order chi connectivity index (χ1) is 13.9. The fourth-order valence-corrected chi connectivity index (χ4v) is 3.07. The molecule has 10 heteroatoms. The van der Waals surface area contributed by atoms with E-state index in [0.29, 0.717) is 17.9 Å². The molecule has 8 nitrogen and oxygen atoms in total. The third-order valence-electron chi connectivity index (χ3n) is 4.46. The van der Waals surface area contributed by atoms with Crippen LogP contribution in [0.15, 0.2) is 58.1 Å². The average molecular weight is 399 g/mol. The van der Waals surface area contributed by atoms with Gasteiger partial charge in [-0.2, -0.15) is 0 Å². The minimum Gasteiger partial charge on any atom is -0.324 e. The molecule has 0 fully saturated rings. The third-order valence-corrected chi connectivity index (χ3v) is 4.46. The zero-order valence-electron chi connectivity index (χ0n) is 15.0. The number of anilines is 3. The molecule has 0 atom stereocenters. The van der Waals surface area contributed by atoms with E-state index in [-0.39, 0.29) is 12.5 Å². The van der Waals surface area contributed by atoms with Crippen LogP contribution in [-0.2, 0) is 17.9 Å². The van der Waals surface area contributed by atoms with Crippen molar-refractivity contribution in [1.29, 1.82) is 0 Å². The summed E-state index contributed by atoms with van der Waals surface area (Å²) in [4.78, 5) is 38.6. The summed E-state index contributed by atoms with van der Waals surface area (Å²) in [7, 11) is 0. The molecular formula is C19H15F2N5O3. The fraction of sp³-hybridized carbons (Fsp3) is 0.158. The van der Waals surface area contributed by atoms with Gasteiger partial charge in [0.15, 0.2) is 0 Å². The lowest BCUT2D eigenvalue weighted by Crippen LogP contribution is -2.44. The largest absolute Gasteiger partial charge is 0.333 e. The summed E-state index contributed by atoms with van der Waals surface area (Å²) in [6.45, 7) is 0.131. The van der Waals surface area contributed by atoms with Crippen molar-refractivity contribution in [2.24, 2.45) is 0 Å². The van der Waals surface area contributed by atoms with E-state index in [2.05, 4.69) is 10.4 Å². The summed E-state index contributed by atoms with van der Waals surface area (Å²) in [5, 5.41) is 6.68. The van der Waals surface area contributed by atoms with Crippen molar-refractivity contribution in [2.75, 3.05) is 16.8 Å². The van der Waals surface area contributed by atoms with E-state index in [1.54, 1.807) is 4.90 Å². The smallest absolute Gasteiger partial charge is 0.324 e. The highest BCUT2D eigenvalue weighted by Crippen LogP contribution is 2.26. The molecule has 3 aromatic rings. The summed E-state index contributed by atoms with van der Waals surface area (Å²) in [5.41, 5.74) is -0.779. The standard InChI is InChI=1S/C19H15F2N5O3/c20-12-1-5-14(6-2-12)22-16(27)11-26-18(29)17(28)25-10-9-24(19(25)23-26)15-7-3-13(21)4-8-15/h1-8H,9-11H2,(H,22,27). The number of rotatable bonds is 4. The number of hydrogen-bond acceptors (Lipinski definition) is 5. The van der Waals surface area contributed by atoms with Crippen LogP contribution in [0.3, 0.4) is 0 Å². The maximum Gasteiger partial charge on any atom is 0.333 e. The van der Waals surface area contributed by atoms with Crippen LogP contribution in [0.5, 0.6) is 0 Å². The second-order valence-corrected chi connectivity index (χ2v) is 6.40. The molecular weight excluding hydrogens is 384 g/mol. The molecule has 0 unspecified atom stereocenters. The van der Waals surface area contributed by atoms with Gasteiger partial charge in [0.2, 0.25) is 11.9 Å². The summed E-state index contributed by atoms with van der Waals surface area (Å²) in [6, 6.07) is 10.7. The first-order valence-electron chi connectivity index (χ1n) is 8.73. The van der Waals surface area contributed by atoms with Crippen LogP contribution in [-0.4, -0.2) is 26.8 Å².